The Kier molecular flexibility index (Phi) is 5.18. The van der Waals surface area contributed by atoms with Crippen LogP contribution in [0.15, 0.2) is 21.2 Å². The van der Waals surface area contributed by atoms with Crippen molar-refractivity contribution in [2.75, 3.05) is 13.1 Å². The van der Waals surface area contributed by atoms with E-state index in [4.69, 9.17) is 5.73 Å². The number of hydrogen-bond donors (Lipinski definition) is 1. The van der Waals surface area contributed by atoms with Gasteiger partial charge in [0, 0.05) is 34.3 Å². The van der Waals surface area contributed by atoms with Gasteiger partial charge in [-0.15, -0.1) is 0 Å². The lowest BCUT2D eigenvalue weighted by molar-refractivity contribution is 0.111. The Balaban J connectivity index is 2.07. The number of nitrogens with two attached hydrogens (primary N) is 1. The van der Waals surface area contributed by atoms with Gasteiger partial charge in [0.25, 0.3) is 0 Å². The number of hydrogen-bond acceptors (Lipinski definition) is 3. The fraction of sp³-hybridized carbons (Fsp3) is 0.615. The van der Waals surface area contributed by atoms with Gasteiger partial charge in [-0.2, -0.15) is 0 Å². The number of aromatic nitrogens is 1. The summed E-state index contributed by atoms with van der Waals surface area (Å²) in [6, 6.07) is 2.67. The number of likely N-dealkylation sites (tertiary alicyclic amines) is 1. The van der Waals surface area contributed by atoms with Gasteiger partial charge in [0.15, 0.2) is 0 Å². The molecule has 5 heteroatoms. The van der Waals surface area contributed by atoms with Gasteiger partial charge in [-0.1, -0.05) is 0 Å². The summed E-state index contributed by atoms with van der Waals surface area (Å²) in [7, 11) is 0. The maximum Gasteiger partial charge on any atom is 0.0686 e. The second-order valence-electron chi connectivity index (χ2n) is 5.04. The molecule has 1 aromatic rings. The zero-order valence-corrected chi connectivity index (χ0v) is 13.7. The predicted molar refractivity (Wildman–Crippen MR) is 81.3 cm³/mol. The average molecular weight is 377 g/mol. The SMILES string of the molecule is CC1CCC(CN)CN1Cc1ncc(Br)cc1Br. The molecule has 0 aliphatic carbocycles. The summed E-state index contributed by atoms with van der Waals surface area (Å²) in [6.45, 7) is 5.06. The van der Waals surface area contributed by atoms with Gasteiger partial charge >= 0.3 is 0 Å². The van der Waals surface area contributed by atoms with E-state index in [-0.39, 0.29) is 0 Å². The van der Waals surface area contributed by atoms with Gasteiger partial charge in [0.2, 0.25) is 0 Å². The Morgan fingerprint density at radius 2 is 2.22 bits per heavy atom. The van der Waals surface area contributed by atoms with Crippen LogP contribution in [0.4, 0.5) is 0 Å². The summed E-state index contributed by atoms with van der Waals surface area (Å²) >= 11 is 7.01. The lowest BCUT2D eigenvalue weighted by atomic mass is 9.93. The summed E-state index contributed by atoms with van der Waals surface area (Å²) in [5, 5.41) is 0. The van der Waals surface area contributed by atoms with E-state index in [0.29, 0.717) is 12.0 Å². The van der Waals surface area contributed by atoms with E-state index in [1.165, 1.54) is 12.8 Å². The minimum absolute atomic E-state index is 0.616. The molecule has 2 heterocycles. The summed E-state index contributed by atoms with van der Waals surface area (Å²) in [5.74, 6) is 0.635. The Morgan fingerprint density at radius 1 is 1.44 bits per heavy atom. The minimum atomic E-state index is 0.616. The van der Waals surface area contributed by atoms with E-state index in [1.54, 1.807) is 0 Å². The molecule has 1 saturated heterocycles. The Bertz CT molecular complexity index is 411. The summed E-state index contributed by atoms with van der Waals surface area (Å²) in [5.41, 5.74) is 6.90. The van der Waals surface area contributed by atoms with E-state index in [0.717, 1.165) is 34.3 Å². The quantitative estimate of drug-likeness (QED) is 0.880. The van der Waals surface area contributed by atoms with Crippen molar-refractivity contribution in [1.82, 2.24) is 9.88 Å². The number of rotatable bonds is 3. The highest BCUT2D eigenvalue weighted by Crippen LogP contribution is 2.26. The molecular formula is C13H19Br2N3. The van der Waals surface area contributed by atoms with Gasteiger partial charge in [-0.3, -0.25) is 9.88 Å². The highest BCUT2D eigenvalue weighted by molar-refractivity contribution is 9.11. The van der Waals surface area contributed by atoms with Crippen molar-refractivity contribution in [3.05, 3.63) is 26.9 Å². The molecule has 0 bridgehead atoms. The van der Waals surface area contributed by atoms with Crippen LogP contribution in [0.25, 0.3) is 0 Å². The predicted octanol–water partition coefficient (Wildman–Crippen LogP) is 3.17. The molecule has 2 rings (SSSR count). The van der Waals surface area contributed by atoms with E-state index in [9.17, 15) is 0 Å². The van der Waals surface area contributed by atoms with Crippen LogP contribution in [-0.4, -0.2) is 29.0 Å². The molecule has 0 saturated carbocycles. The van der Waals surface area contributed by atoms with Crippen LogP contribution in [0.3, 0.4) is 0 Å². The fourth-order valence-electron chi connectivity index (χ4n) is 2.43. The number of piperidine rings is 1. The molecule has 0 aromatic carbocycles. The first-order valence-electron chi connectivity index (χ1n) is 6.34. The molecule has 0 spiro atoms. The van der Waals surface area contributed by atoms with Crippen molar-refractivity contribution in [3.8, 4) is 0 Å². The zero-order valence-electron chi connectivity index (χ0n) is 10.6. The molecule has 0 amide bonds. The van der Waals surface area contributed by atoms with Crippen molar-refractivity contribution in [2.45, 2.75) is 32.4 Å². The fourth-order valence-corrected chi connectivity index (χ4v) is 3.54. The third-order valence-electron chi connectivity index (χ3n) is 3.68. The van der Waals surface area contributed by atoms with Crippen LogP contribution in [0.2, 0.25) is 0 Å². The second-order valence-corrected chi connectivity index (χ2v) is 6.81. The number of nitrogens with zero attached hydrogens (tertiary/aromatic N) is 2. The van der Waals surface area contributed by atoms with Crippen LogP contribution in [0.5, 0.6) is 0 Å². The molecule has 1 aliphatic rings. The van der Waals surface area contributed by atoms with Crippen LogP contribution < -0.4 is 5.73 Å². The molecular weight excluding hydrogens is 358 g/mol. The number of pyridine rings is 1. The van der Waals surface area contributed by atoms with Gasteiger partial charge < -0.3 is 5.73 Å². The molecule has 0 radical (unpaired) electrons. The summed E-state index contributed by atoms with van der Waals surface area (Å²) in [4.78, 5) is 6.98. The van der Waals surface area contributed by atoms with Crippen LogP contribution in [0.1, 0.15) is 25.5 Å². The maximum absolute atomic E-state index is 5.80. The lowest BCUT2D eigenvalue weighted by Crippen LogP contribution is -2.43. The Labute approximate surface area is 125 Å². The average Bonchev–Trinajstić information content (AvgIpc) is 2.35. The van der Waals surface area contributed by atoms with Gasteiger partial charge in [0.05, 0.1) is 5.69 Å². The molecule has 3 nitrogen and oxygen atoms in total. The summed E-state index contributed by atoms with van der Waals surface area (Å²) < 4.78 is 2.07. The standard InChI is InChI=1S/C13H19Br2N3/c1-9-2-3-10(5-16)7-18(9)8-13-12(15)4-11(14)6-17-13/h4,6,9-10H,2-3,5,7-8,16H2,1H3. The maximum atomic E-state index is 5.80. The Morgan fingerprint density at radius 3 is 2.89 bits per heavy atom. The van der Waals surface area contributed by atoms with E-state index in [2.05, 4.69) is 54.7 Å². The van der Waals surface area contributed by atoms with E-state index >= 15 is 0 Å². The minimum Gasteiger partial charge on any atom is -0.330 e. The third kappa shape index (κ3) is 3.53. The molecule has 1 aromatic heterocycles. The number of halogens is 2. The first kappa shape index (κ1) is 14.4. The third-order valence-corrected chi connectivity index (χ3v) is 4.80. The highest BCUT2D eigenvalue weighted by Gasteiger charge is 2.25. The normalized spacial score (nSPS) is 25.3. The first-order chi connectivity index (χ1) is 8.60. The summed E-state index contributed by atoms with van der Waals surface area (Å²) in [6.07, 6.45) is 4.34. The smallest absolute Gasteiger partial charge is 0.0686 e. The Hall–Kier alpha value is 0.0300. The van der Waals surface area contributed by atoms with Crippen molar-refractivity contribution in [3.63, 3.8) is 0 Å². The second kappa shape index (κ2) is 6.46. The first-order valence-corrected chi connectivity index (χ1v) is 7.92. The molecule has 100 valence electrons. The van der Waals surface area contributed by atoms with Crippen molar-refractivity contribution >= 4 is 31.9 Å². The molecule has 1 aliphatic heterocycles. The van der Waals surface area contributed by atoms with E-state index < -0.39 is 0 Å². The van der Waals surface area contributed by atoms with Crippen LogP contribution >= 0.6 is 31.9 Å². The van der Waals surface area contributed by atoms with Gasteiger partial charge in [0.1, 0.15) is 0 Å². The monoisotopic (exact) mass is 375 g/mol. The largest absolute Gasteiger partial charge is 0.330 e. The van der Waals surface area contributed by atoms with Crippen LogP contribution in [-0.2, 0) is 6.54 Å². The van der Waals surface area contributed by atoms with Crippen molar-refractivity contribution in [2.24, 2.45) is 11.7 Å². The highest BCUT2D eigenvalue weighted by atomic mass is 79.9. The van der Waals surface area contributed by atoms with Gasteiger partial charge in [-0.05, 0) is 70.2 Å². The van der Waals surface area contributed by atoms with Crippen molar-refractivity contribution < 1.29 is 0 Å². The molecule has 2 unspecified atom stereocenters. The molecule has 1 fully saturated rings. The molecule has 2 N–H and O–H groups in total. The van der Waals surface area contributed by atoms with Crippen molar-refractivity contribution in [1.29, 1.82) is 0 Å². The lowest BCUT2D eigenvalue weighted by Gasteiger charge is -2.37. The topological polar surface area (TPSA) is 42.1 Å². The van der Waals surface area contributed by atoms with Crippen LogP contribution in [0, 0.1) is 5.92 Å². The van der Waals surface area contributed by atoms with E-state index in [1.807, 2.05) is 6.20 Å². The zero-order chi connectivity index (χ0) is 13.1. The van der Waals surface area contributed by atoms with Gasteiger partial charge in [-0.25, -0.2) is 0 Å². The molecule has 18 heavy (non-hydrogen) atoms. The molecule has 2 atom stereocenters.